The summed E-state index contributed by atoms with van der Waals surface area (Å²) in [6.45, 7) is 0.631. The van der Waals surface area contributed by atoms with Crippen molar-refractivity contribution in [2.75, 3.05) is 5.73 Å². The summed E-state index contributed by atoms with van der Waals surface area (Å²) in [5, 5.41) is 0. The van der Waals surface area contributed by atoms with E-state index in [2.05, 4.69) is 38.6 Å². The Morgan fingerprint density at radius 1 is 1.39 bits per heavy atom. The number of benzene rings is 1. The first-order valence-corrected chi connectivity index (χ1v) is 6.60. The SMILES string of the molecule is Cn1ccnc1Cn1c(N)nc2cc(I)ccc21. The van der Waals surface area contributed by atoms with Gasteiger partial charge in [0.2, 0.25) is 5.95 Å². The number of anilines is 1. The fourth-order valence-corrected chi connectivity index (χ4v) is 2.45. The second-order valence-corrected chi connectivity index (χ2v) is 5.39. The number of aromatic nitrogens is 4. The summed E-state index contributed by atoms with van der Waals surface area (Å²) in [6, 6.07) is 6.13. The highest BCUT2D eigenvalue weighted by Crippen LogP contribution is 2.21. The Balaban J connectivity index is 2.11. The minimum atomic E-state index is 0.523. The molecule has 0 fully saturated rings. The molecular weight excluding hydrogens is 341 g/mol. The molecule has 2 N–H and O–H groups in total. The third-order valence-electron chi connectivity index (χ3n) is 2.96. The van der Waals surface area contributed by atoms with E-state index in [4.69, 9.17) is 5.73 Å². The van der Waals surface area contributed by atoms with Crippen LogP contribution in [0.1, 0.15) is 5.82 Å². The van der Waals surface area contributed by atoms with Gasteiger partial charge in [-0.3, -0.25) is 0 Å². The lowest BCUT2D eigenvalue weighted by molar-refractivity contribution is 0.720. The summed E-state index contributed by atoms with van der Waals surface area (Å²) in [5.74, 6) is 1.48. The molecular formula is C12H12IN5. The molecule has 0 radical (unpaired) electrons. The first-order valence-electron chi connectivity index (χ1n) is 5.52. The highest BCUT2D eigenvalue weighted by atomic mass is 127. The van der Waals surface area contributed by atoms with E-state index in [1.54, 1.807) is 6.20 Å². The Bertz CT molecular complexity index is 712. The van der Waals surface area contributed by atoms with Crippen LogP contribution in [0.2, 0.25) is 0 Å². The van der Waals surface area contributed by atoms with E-state index in [0.717, 1.165) is 20.4 Å². The van der Waals surface area contributed by atoms with Crippen molar-refractivity contribution in [2.24, 2.45) is 7.05 Å². The molecule has 3 rings (SSSR count). The molecule has 92 valence electrons. The fraction of sp³-hybridized carbons (Fsp3) is 0.167. The van der Waals surface area contributed by atoms with Gasteiger partial charge in [-0.15, -0.1) is 0 Å². The summed E-state index contributed by atoms with van der Waals surface area (Å²) in [6.07, 6.45) is 3.71. The van der Waals surface area contributed by atoms with Crippen molar-refractivity contribution < 1.29 is 0 Å². The number of hydrogen-bond acceptors (Lipinski definition) is 3. The van der Waals surface area contributed by atoms with Gasteiger partial charge in [-0.2, -0.15) is 0 Å². The highest BCUT2D eigenvalue weighted by Gasteiger charge is 2.10. The topological polar surface area (TPSA) is 61.7 Å². The first-order chi connectivity index (χ1) is 8.65. The maximum absolute atomic E-state index is 5.98. The summed E-state index contributed by atoms with van der Waals surface area (Å²) < 4.78 is 5.12. The van der Waals surface area contributed by atoms with E-state index in [1.165, 1.54) is 0 Å². The van der Waals surface area contributed by atoms with Crippen molar-refractivity contribution in [1.29, 1.82) is 0 Å². The maximum Gasteiger partial charge on any atom is 0.201 e. The smallest absolute Gasteiger partial charge is 0.201 e. The molecule has 6 heteroatoms. The lowest BCUT2D eigenvalue weighted by Crippen LogP contribution is -2.08. The van der Waals surface area contributed by atoms with Gasteiger partial charge in [0.25, 0.3) is 0 Å². The summed E-state index contributed by atoms with van der Waals surface area (Å²) in [4.78, 5) is 8.70. The monoisotopic (exact) mass is 353 g/mol. The Labute approximate surface area is 118 Å². The largest absolute Gasteiger partial charge is 0.369 e. The van der Waals surface area contributed by atoms with E-state index in [-0.39, 0.29) is 0 Å². The molecule has 2 heterocycles. The Hall–Kier alpha value is -1.57. The lowest BCUT2D eigenvalue weighted by atomic mass is 10.3. The molecule has 0 aliphatic heterocycles. The number of halogens is 1. The van der Waals surface area contributed by atoms with Gasteiger partial charge < -0.3 is 14.9 Å². The molecule has 0 aliphatic carbocycles. The molecule has 0 amide bonds. The molecule has 2 aromatic heterocycles. The van der Waals surface area contributed by atoms with Gasteiger partial charge in [-0.05, 0) is 40.8 Å². The number of nitrogens with two attached hydrogens (primary N) is 1. The molecule has 0 spiro atoms. The molecule has 0 saturated heterocycles. The zero-order chi connectivity index (χ0) is 12.7. The van der Waals surface area contributed by atoms with Crippen LogP contribution in [0.15, 0.2) is 30.6 Å². The lowest BCUT2D eigenvalue weighted by Gasteiger charge is -2.06. The van der Waals surface area contributed by atoms with E-state index in [9.17, 15) is 0 Å². The van der Waals surface area contributed by atoms with Gasteiger partial charge in [0.15, 0.2) is 0 Å². The van der Waals surface area contributed by atoms with Crippen LogP contribution < -0.4 is 5.73 Å². The van der Waals surface area contributed by atoms with Gasteiger partial charge in [-0.25, -0.2) is 9.97 Å². The van der Waals surface area contributed by atoms with Gasteiger partial charge in [0.05, 0.1) is 17.6 Å². The molecule has 0 aliphatic rings. The van der Waals surface area contributed by atoms with Crippen LogP contribution in [-0.2, 0) is 13.6 Å². The minimum absolute atomic E-state index is 0.523. The van der Waals surface area contributed by atoms with E-state index in [1.807, 2.05) is 34.5 Å². The summed E-state index contributed by atoms with van der Waals surface area (Å²) in [7, 11) is 1.97. The van der Waals surface area contributed by atoms with Crippen molar-refractivity contribution in [3.63, 3.8) is 0 Å². The third-order valence-corrected chi connectivity index (χ3v) is 3.63. The van der Waals surface area contributed by atoms with E-state index in [0.29, 0.717) is 12.5 Å². The summed E-state index contributed by atoms with van der Waals surface area (Å²) in [5.41, 5.74) is 7.94. The average molecular weight is 353 g/mol. The Kier molecular flexibility index (Phi) is 2.73. The van der Waals surface area contributed by atoms with Crippen LogP contribution in [0.25, 0.3) is 11.0 Å². The number of hydrogen-bond donors (Lipinski definition) is 1. The van der Waals surface area contributed by atoms with Crippen molar-refractivity contribution in [3.8, 4) is 0 Å². The zero-order valence-electron chi connectivity index (χ0n) is 9.84. The third kappa shape index (κ3) is 1.86. The fourth-order valence-electron chi connectivity index (χ4n) is 1.98. The zero-order valence-corrected chi connectivity index (χ0v) is 12.0. The highest BCUT2D eigenvalue weighted by molar-refractivity contribution is 14.1. The first kappa shape index (κ1) is 11.5. The molecule has 0 unspecified atom stereocenters. The van der Waals surface area contributed by atoms with Crippen molar-refractivity contribution >= 4 is 39.6 Å². The number of imidazole rings is 2. The van der Waals surface area contributed by atoms with Crippen molar-refractivity contribution in [2.45, 2.75) is 6.54 Å². The molecule has 3 aromatic rings. The van der Waals surface area contributed by atoms with Crippen molar-refractivity contribution in [1.82, 2.24) is 19.1 Å². The molecule has 0 atom stereocenters. The van der Waals surface area contributed by atoms with Crippen LogP contribution >= 0.6 is 22.6 Å². The van der Waals surface area contributed by atoms with Crippen LogP contribution in [0.3, 0.4) is 0 Å². The van der Waals surface area contributed by atoms with Gasteiger partial charge >= 0.3 is 0 Å². The molecule has 0 saturated carbocycles. The minimum Gasteiger partial charge on any atom is -0.369 e. The number of nitrogens with zero attached hydrogens (tertiary/aromatic N) is 4. The number of rotatable bonds is 2. The normalized spacial score (nSPS) is 11.2. The van der Waals surface area contributed by atoms with Gasteiger partial charge in [0, 0.05) is 23.0 Å². The molecule has 1 aromatic carbocycles. The van der Waals surface area contributed by atoms with E-state index < -0.39 is 0 Å². The average Bonchev–Trinajstić information content (AvgIpc) is 2.85. The standard InChI is InChI=1S/C12H12IN5/c1-17-5-4-15-11(17)7-18-10-3-2-8(13)6-9(10)16-12(18)14/h2-6H,7H2,1H3,(H2,14,16). The predicted molar refractivity (Wildman–Crippen MR) is 79.2 cm³/mol. The number of nitrogen functional groups attached to an aromatic ring is 1. The Morgan fingerprint density at radius 3 is 2.94 bits per heavy atom. The Morgan fingerprint density at radius 2 is 2.22 bits per heavy atom. The van der Waals surface area contributed by atoms with Crippen LogP contribution in [0, 0.1) is 3.57 Å². The van der Waals surface area contributed by atoms with Gasteiger partial charge in [0.1, 0.15) is 5.82 Å². The second-order valence-electron chi connectivity index (χ2n) is 4.14. The predicted octanol–water partition coefficient (Wildman–Crippen LogP) is 2.00. The maximum atomic E-state index is 5.98. The van der Waals surface area contributed by atoms with Crippen LogP contribution in [-0.4, -0.2) is 19.1 Å². The van der Waals surface area contributed by atoms with Crippen LogP contribution in [0.5, 0.6) is 0 Å². The van der Waals surface area contributed by atoms with Crippen LogP contribution in [0.4, 0.5) is 5.95 Å². The van der Waals surface area contributed by atoms with E-state index >= 15 is 0 Å². The van der Waals surface area contributed by atoms with Gasteiger partial charge in [-0.1, -0.05) is 0 Å². The number of aryl methyl sites for hydroxylation is 1. The quantitative estimate of drug-likeness (QED) is 0.717. The molecule has 5 nitrogen and oxygen atoms in total. The molecule has 0 bridgehead atoms. The van der Waals surface area contributed by atoms with Crippen molar-refractivity contribution in [3.05, 3.63) is 40.0 Å². The molecule has 18 heavy (non-hydrogen) atoms. The number of fused-ring (bicyclic) bond motifs is 1. The second kappa shape index (κ2) is 4.27. The summed E-state index contributed by atoms with van der Waals surface area (Å²) >= 11 is 2.27.